The van der Waals surface area contributed by atoms with E-state index in [0.717, 1.165) is 24.0 Å². The van der Waals surface area contributed by atoms with Gasteiger partial charge in [-0.05, 0) is 30.5 Å². The number of likely N-dealkylation sites (N-methyl/N-ethyl adjacent to an activating group) is 1. The van der Waals surface area contributed by atoms with Crippen molar-refractivity contribution in [2.24, 2.45) is 0 Å². The number of fused-ring (bicyclic) bond motifs is 1. The van der Waals surface area contributed by atoms with Crippen molar-refractivity contribution in [1.29, 1.82) is 0 Å². The second kappa shape index (κ2) is 7.04. The fraction of sp³-hybridized carbons (Fsp3) is 0.375. The first-order valence-electron chi connectivity index (χ1n) is 7.18. The lowest BCUT2D eigenvalue weighted by Gasteiger charge is -2.20. The van der Waals surface area contributed by atoms with Crippen LogP contribution in [0.4, 0.5) is 0 Å². The van der Waals surface area contributed by atoms with Crippen LogP contribution in [0.5, 0.6) is 0 Å². The number of hydrogen-bond donors (Lipinski definition) is 2. The second-order valence-corrected chi connectivity index (χ2v) is 5.09. The third-order valence-electron chi connectivity index (χ3n) is 3.39. The lowest BCUT2D eigenvalue weighted by atomic mass is 10.1. The van der Waals surface area contributed by atoms with Crippen LogP contribution >= 0.6 is 0 Å². The van der Waals surface area contributed by atoms with Gasteiger partial charge in [-0.25, -0.2) is 0 Å². The number of pyridine rings is 1. The van der Waals surface area contributed by atoms with Gasteiger partial charge in [0.1, 0.15) is 0 Å². The fourth-order valence-corrected chi connectivity index (χ4v) is 2.41. The molecule has 5 heteroatoms. The van der Waals surface area contributed by atoms with Crippen molar-refractivity contribution in [2.45, 2.75) is 19.9 Å². The molecule has 0 radical (unpaired) electrons. The Morgan fingerprint density at radius 2 is 2.10 bits per heavy atom. The third-order valence-corrected chi connectivity index (χ3v) is 3.39. The molecule has 0 unspecified atom stereocenters. The molecule has 2 rings (SSSR count). The minimum atomic E-state index is -0.0838. The first-order valence-corrected chi connectivity index (χ1v) is 7.18. The van der Waals surface area contributed by atoms with Crippen LogP contribution < -0.4 is 10.9 Å². The van der Waals surface area contributed by atoms with E-state index in [1.54, 1.807) is 7.05 Å². The Bertz CT molecular complexity index is 679. The predicted molar refractivity (Wildman–Crippen MR) is 84.2 cm³/mol. The van der Waals surface area contributed by atoms with Crippen LogP contribution in [0, 0.1) is 0 Å². The number of H-pyrrole nitrogens is 1. The highest BCUT2D eigenvalue weighted by molar-refractivity contribution is 5.81. The number of carbonyl (C=O) groups excluding carboxylic acids is 1. The van der Waals surface area contributed by atoms with E-state index in [-0.39, 0.29) is 11.5 Å². The minimum Gasteiger partial charge on any atom is -0.358 e. The van der Waals surface area contributed by atoms with Crippen molar-refractivity contribution in [3.05, 3.63) is 46.4 Å². The predicted octanol–water partition coefficient (Wildman–Crippen LogP) is 1.49. The zero-order chi connectivity index (χ0) is 15.2. The number of hydrogen-bond acceptors (Lipinski definition) is 3. The molecule has 5 nitrogen and oxygen atoms in total. The summed E-state index contributed by atoms with van der Waals surface area (Å²) in [5.74, 6) is -0.0217. The maximum atomic E-state index is 12.1. The molecule has 1 amide bonds. The summed E-state index contributed by atoms with van der Waals surface area (Å²) in [7, 11) is 1.63. The third kappa shape index (κ3) is 3.92. The Kier molecular flexibility index (Phi) is 5.11. The van der Waals surface area contributed by atoms with Gasteiger partial charge < -0.3 is 10.3 Å². The van der Waals surface area contributed by atoms with Gasteiger partial charge in [0.15, 0.2) is 0 Å². The van der Waals surface area contributed by atoms with E-state index in [1.165, 1.54) is 0 Å². The van der Waals surface area contributed by atoms with Gasteiger partial charge in [-0.15, -0.1) is 0 Å². The topological polar surface area (TPSA) is 65.2 Å². The smallest absolute Gasteiger partial charge is 0.256 e. The Balaban J connectivity index is 2.24. The number of nitrogens with one attached hydrogen (secondary N) is 2. The van der Waals surface area contributed by atoms with Crippen LogP contribution in [0.2, 0.25) is 0 Å². The van der Waals surface area contributed by atoms with Crippen LogP contribution in [-0.2, 0) is 11.3 Å². The Labute approximate surface area is 124 Å². The number of carbonyl (C=O) groups is 1. The quantitative estimate of drug-likeness (QED) is 0.846. The van der Waals surface area contributed by atoms with Gasteiger partial charge in [0.05, 0.1) is 6.54 Å². The molecule has 0 aliphatic rings. The molecule has 1 aromatic heterocycles. The largest absolute Gasteiger partial charge is 0.358 e. The molecule has 0 aliphatic carbocycles. The van der Waals surface area contributed by atoms with Crippen molar-refractivity contribution >= 4 is 16.7 Å². The molecule has 0 atom stereocenters. The van der Waals surface area contributed by atoms with Crippen LogP contribution in [-0.4, -0.2) is 35.9 Å². The highest BCUT2D eigenvalue weighted by atomic mass is 16.2. The van der Waals surface area contributed by atoms with Crippen LogP contribution in [0.3, 0.4) is 0 Å². The highest BCUT2D eigenvalue weighted by Crippen LogP contribution is 2.11. The average Bonchev–Trinajstić information content (AvgIpc) is 2.47. The van der Waals surface area contributed by atoms with E-state index >= 15 is 0 Å². The molecule has 0 saturated heterocycles. The molecule has 112 valence electrons. The van der Waals surface area contributed by atoms with Gasteiger partial charge >= 0.3 is 0 Å². The molecule has 0 bridgehead atoms. The average molecular weight is 287 g/mol. The second-order valence-electron chi connectivity index (χ2n) is 5.09. The number of amides is 1. The van der Waals surface area contributed by atoms with E-state index in [2.05, 4.69) is 17.2 Å². The van der Waals surface area contributed by atoms with Crippen molar-refractivity contribution < 1.29 is 4.79 Å². The van der Waals surface area contributed by atoms with Gasteiger partial charge in [0.25, 0.3) is 5.56 Å². The standard InChI is InChI=1S/C16H21N3O2/c1-3-8-19(11-15(20)17-2)10-13-9-12-6-4-5-7-14(12)16(21)18-13/h4-7,9H,3,8,10-11H2,1-2H3,(H,17,20)(H,18,21). The molecule has 1 aromatic carbocycles. The summed E-state index contributed by atoms with van der Waals surface area (Å²) in [6.45, 7) is 3.77. The summed E-state index contributed by atoms with van der Waals surface area (Å²) in [4.78, 5) is 28.5. The highest BCUT2D eigenvalue weighted by Gasteiger charge is 2.11. The number of benzene rings is 1. The van der Waals surface area contributed by atoms with Gasteiger partial charge in [-0.1, -0.05) is 25.1 Å². The molecular formula is C16H21N3O2. The molecule has 0 saturated carbocycles. The summed E-state index contributed by atoms with van der Waals surface area (Å²) in [5.41, 5.74) is 0.746. The van der Waals surface area contributed by atoms with Gasteiger partial charge in [0, 0.05) is 24.7 Å². The molecule has 1 heterocycles. The van der Waals surface area contributed by atoms with Crippen LogP contribution in [0.15, 0.2) is 35.1 Å². The minimum absolute atomic E-state index is 0.0217. The summed E-state index contributed by atoms with van der Waals surface area (Å²) < 4.78 is 0. The first-order chi connectivity index (χ1) is 10.1. The molecule has 2 aromatic rings. The maximum absolute atomic E-state index is 12.1. The van der Waals surface area contributed by atoms with E-state index in [9.17, 15) is 9.59 Å². The number of nitrogens with zero attached hydrogens (tertiary/aromatic N) is 1. The monoisotopic (exact) mass is 287 g/mol. The SMILES string of the molecule is CCCN(CC(=O)NC)Cc1cc2ccccc2c(=O)[nH]1. The van der Waals surface area contributed by atoms with Crippen molar-refractivity contribution in [2.75, 3.05) is 20.1 Å². The van der Waals surface area contributed by atoms with Crippen LogP contribution in [0.25, 0.3) is 10.8 Å². The fourth-order valence-electron chi connectivity index (χ4n) is 2.41. The summed E-state index contributed by atoms with van der Waals surface area (Å²) in [5, 5.41) is 4.24. The number of aromatic nitrogens is 1. The number of rotatable bonds is 6. The molecule has 0 fully saturated rings. The van der Waals surface area contributed by atoms with E-state index in [0.29, 0.717) is 18.5 Å². The van der Waals surface area contributed by atoms with E-state index < -0.39 is 0 Å². The van der Waals surface area contributed by atoms with E-state index in [4.69, 9.17) is 0 Å². The maximum Gasteiger partial charge on any atom is 0.256 e. The molecule has 0 aliphatic heterocycles. The van der Waals surface area contributed by atoms with Crippen molar-refractivity contribution in [1.82, 2.24) is 15.2 Å². The summed E-state index contributed by atoms with van der Waals surface area (Å²) >= 11 is 0. The molecule has 0 spiro atoms. The van der Waals surface area contributed by atoms with Crippen molar-refractivity contribution in [3.63, 3.8) is 0 Å². The Hall–Kier alpha value is -2.14. The van der Waals surface area contributed by atoms with Gasteiger partial charge in [-0.2, -0.15) is 0 Å². The normalized spacial score (nSPS) is 11.0. The lowest BCUT2D eigenvalue weighted by Crippen LogP contribution is -2.36. The summed E-state index contributed by atoms with van der Waals surface area (Å²) in [6, 6.07) is 9.48. The number of aromatic amines is 1. The zero-order valence-electron chi connectivity index (χ0n) is 12.5. The summed E-state index contributed by atoms with van der Waals surface area (Å²) in [6.07, 6.45) is 0.953. The molecule has 21 heavy (non-hydrogen) atoms. The first kappa shape index (κ1) is 15.3. The molecular weight excluding hydrogens is 266 g/mol. The van der Waals surface area contributed by atoms with Crippen LogP contribution in [0.1, 0.15) is 19.0 Å². The lowest BCUT2D eigenvalue weighted by molar-refractivity contribution is -0.121. The zero-order valence-corrected chi connectivity index (χ0v) is 12.5. The molecule has 2 N–H and O–H groups in total. The van der Waals surface area contributed by atoms with Crippen molar-refractivity contribution in [3.8, 4) is 0 Å². The Morgan fingerprint density at radius 3 is 2.81 bits per heavy atom. The van der Waals surface area contributed by atoms with Gasteiger partial charge in [0.2, 0.25) is 5.91 Å². The van der Waals surface area contributed by atoms with E-state index in [1.807, 2.05) is 35.2 Å². The Morgan fingerprint density at radius 1 is 1.33 bits per heavy atom. The van der Waals surface area contributed by atoms with Gasteiger partial charge in [-0.3, -0.25) is 14.5 Å².